The third kappa shape index (κ3) is 9.36. The van der Waals surface area contributed by atoms with Crippen LogP contribution in [0.1, 0.15) is 16.7 Å². The van der Waals surface area contributed by atoms with E-state index < -0.39 is 11.7 Å². The number of benzene rings is 9. The molecule has 0 unspecified atom stereocenters. The van der Waals surface area contributed by atoms with Gasteiger partial charge < -0.3 is 4.57 Å². The summed E-state index contributed by atoms with van der Waals surface area (Å²) in [4.78, 5) is 27.8. The molecule has 0 aliphatic carbocycles. The Kier molecular flexibility index (Phi) is 12.4. The normalized spacial score (nSPS) is 11.2. The SMILES string of the molecule is [C-]#[N+]c1cc(C#N)cc(-c2ccc3c(c2)c2cc(-c4cc(C#N)cc([N+]#[C-])c4)ccc2n3-c2c(-c3cc(-c4ccccc4)nc(-c4ccccc4)n3)cc(C(F)(F)F)cc2-c2nc(-c3ccccc3)cc(-c3ccccc3)n2)c1. The molecule has 0 atom stereocenters. The fourth-order valence-electron chi connectivity index (χ4n) is 9.98. The number of rotatable bonds is 9. The molecule has 370 valence electrons. The van der Waals surface area contributed by atoms with E-state index in [1.165, 1.54) is 12.1 Å². The first-order valence-electron chi connectivity index (χ1n) is 24.8. The molecular formula is C67H36F3N9. The molecule has 0 fully saturated rings. The monoisotopic (exact) mass is 1020 g/mol. The number of alkyl halides is 3. The second-order valence-corrected chi connectivity index (χ2v) is 18.6. The fourth-order valence-corrected chi connectivity index (χ4v) is 9.98. The first-order valence-corrected chi connectivity index (χ1v) is 24.8. The van der Waals surface area contributed by atoms with Gasteiger partial charge in [-0.05, 0) is 107 Å². The van der Waals surface area contributed by atoms with Gasteiger partial charge in [0.25, 0.3) is 0 Å². The zero-order valence-corrected chi connectivity index (χ0v) is 41.4. The molecule has 3 heterocycles. The topological polar surface area (TPSA) is 113 Å². The summed E-state index contributed by atoms with van der Waals surface area (Å²) in [5.41, 5.74) is 8.62. The van der Waals surface area contributed by atoms with Crippen molar-refractivity contribution in [3.8, 4) is 108 Å². The van der Waals surface area contributed by atoms with Gasteiger partial charge in [-0.15, -0.1) is 0 Å². The molecule has 0 N–H and O–H groups in total. The van der Waals surface area contributed by atoms with Gasteiger partial charge >= 0.3 is 6.18 Å². The minimum Gasteiger partial charge on any atom is -0.308 e. The van der Waals surface area contributed by atoms with E-state index >= 15 is 13.2 Å². The van der Waals surface area contributed by atoms with E-state index in [2.05, 4.69) is 21.8 Å². The van der Waals surface area contributed by atoms with Crippen molar-refractivity contribution in [2.45, 2.75) is 6.18 Å². The molecule has 12 heteroatoms. The lowest BCUT2D eigenvalue weighted by atomic mass is 9.96. The molecule has 79 heavy (non-hydrogen) atoms. The molecule has 0 bridgehead atoms. The van der Waals surface area contributed by atoms with Crippen LogP contribution in [0.2, 0.25) is 0 Å². The molecule has 12 rings (SSSR count). The summed E-state index contributed by atoms with van der Waals surface area (Å²) in [6.07, 6.45) is -4.88. The highest BCUT2D eigenvalue weighted by atomic mass is 19.4. The van der Waals surface area contributed by atoms with E-state index in [1.807, 2.05) is 168 Å². The van der Waals surface area contributed by atoms with Crippen LogP contribution in [0.15, 0.2) is 218 Å². The van der Waals surface area contributed by atoms with Crippen LogP contribution in [0.4, 0.5) is 24.5 Å². The van der Waals surface area contributed by atoms with Gasteiger partial charge in [0.15, 0.2) is 23.0 Å². The molecule has 9 aromatic carbocycles. The zero-order chi connectivity index (χ0) is 54.2. The van der Waals surface area contributed by atoms with Gasteiger partial charge in [-0.1, -0.05) is 133 Å². The summed E-state index contributed by atoms with van der Waals surface area (Å²) in [5, 5.41) is 21.4. The van der Waals surface area contributed by atoms with Crippen LogP contribution in [0, 0.1) is 35.8 Å². The Morgan fingerprint density at radius 3 is 1.23 bits per heavy atom. The van der Waals surface area contributed by atoms with Crippen molar-refractivity contribution in [2.24, 2.45) is 0 Å². The lowest BCUT2D eigenvalue weighted by Gasteiger charge is -2.22. The van der Waals surface area contributed by atoms with Crippen LogP contribution in [0.5, 0.6) is 0 Å². The second kappa shape index (κ2) is 20.1. The highest BCUT2D eigenvalue weighted by Gasteiger charge is 2.35. The number of aromatic nitrogens is 5. The molecule has 3 aromatic heterocycles. The predicted octanol–water partition coefficient (Wildman–Crippen LogP) is 17.6. The van der Waals surface area contributed by atoms with Gasteiger partial charge in [0.2, 0.25) is 0 Å². The Hall–Kier alpha value is -11.3. The number of halogens is 3. The summed E-state index contributed by atoms with van der Waals surface area (Å²) in [5.74, 6) is 0.287. The summed E-state index contributed by atoms with van der Waals surface area (Å²) in [7, 11) is 0. The molecule has 0 aliphatic rings. The van der Waals surface area contributed by atoms with Crippen LogP contribution < -0.4 is 0 Å². The minimum absolute atomic E-state index is 0.00593. The molecule has 0 saturated carbocycles. The molecule has 0 aliphatic heterocycles. The van der Waals surface area contributed by atoms with Gasteiger partial charge in [0.1, 0.15) is 0 Å². The Labute approximate surface area is 451 Å². The van der Waals surface area contributed by atoms with Crippen molar-refractivity contribution >= 4 is 33.2 Å². The van der Waals surface area contributed by atoms with Crippen LogP contribution >= 0.6 is 0 Å². The molecule has 0 amide bonds. The smallest absolute Gasteiger partial charge is 0.308 e. The van der Waals surface area contributed by atoms with Crippen LogP contribution in [0.3, 0.4) is 0 Å². The number of fused-ring (bicyclic) bond motifs is 3. The number of hydrogen-bond donors (Lipinski definition) is 0. The number of nitriles is 2. The van der Waals surface area contributed by atoms with E-state index in [4.69, 9.17) is 33.1 Å². The summed E-state index contributed by atoms with van der Waals surface area (Å²) in [6.45, 7) is 15.7. The van der Waals surface area contributed by atoms with Gasteiger partial charge in [-0.2, -0.15) is 23.7 Å². The minimum atomic E-state index is -4.88. The predicted molar refractivity (Wildman–Crippen MR) is 302 cm³/mol. The van der Waals surface area contributed by atoms with Gasteiger partial charge in [0, 0.05) is 55.3 Å². The van der Waals surface area contributed by atoms with E-state index in [-0.39, 0.29) is 45.5 Å². The number of hydrogen-bond acceptors (Lipinski definition) is 6. The molecular weight excluding hydrogens is 988 g/mol. The number of nitrogens with zero attached hydrogens (tertiary/aromatic N) is 9. The van der Waals surface area contributed by atoms with Crippen molar-refractivity contribution in [2.75, 3.05) is 0 Å². The second-order valence-electron chi connectivity index (χ2n) is 18.6. The lowest BCUT2D eigenvalue weighted by molar-refractivity contribution is -0.137. The maximum absolute atomic E-state index is 16.0. The van der Waals surface area contributed by atoms with Crippen molar-refractivity contribution in [1.29, 1.82) is 10.5 Å². The Morgan fingerprint density at radius 1 is 0.392 bits per heavy atom. The van der Waals surface area contributed by atoms with Gasteiger partial charge in [-0.25, -0.2) is 29.6 Å². The Bertz CT molecular complexity index is 4110. The highest BCUT2D eigenvalue weighted by molar-refractivity contribution is 6.13. The first-order chi connectivity index (χ1) is 38.5. The average molecular weight is 1020 g/mol. The largest absolute Gasteiger partial charge is 0.416 e. The van der Waals surface area contributed by atoms with E-state index in [1.54, 1.807) is 30.3 Å². The van der Waals surface area contributed by atoms with Crippen molar-refractivity contribution in [3.05, 3.63) is 258 Å². The molecule has 0 saturated heterocycles. The first kappa shape index (κ1) is 48.6. The molecule has 12 aromatic rings. The van der Waals surface area contributed by atoms with Crippen molar-refractivity contribution in [3.63, 3.8) is 0 Å². The average Bonchev–Trinajstić information content (AvgIpc) is 4.09. The third-order valence-corrected chi connectivity index (χ3v) is 13.7. The molecule has 9 nitrogen and oxygen atoms in total. The van der Waals surface area contributed by atoms with Gasteiger partial charge in [-0.3, -0.25) is 0 Å². The van der Waals surface area contributed by atoms with E-state index in [0.29, 0.717) is 94.5 Å². The quantitative estimate of drug-likeness (QED) is 0.133. The maximum atomic E-state index is 16.0. The van der Waals surface area contributed by atoms with Gasteiger partial charge in [0.05, 0.1) is 70.3 Å². The van der Waals surface area contributed by atoms with Crippen LogP contribution in [-0.2, 0) is 6.18 Å². The van der Waals surface area contributed by atoms with Crippen molar-refractivity contribution < 1.29 is 13.2 Å². The zero-order valence-electron chi connectivity index (χ0n) is 41.4. The van der Waals surface area contributed by atoms with Crippen LogP contribution in [0.25, 0.3) is 127 Å². The Morgan fingerprint density at radius 2 is 0.797 bits per heavy atom. The maximum Gasteiger partial charge on any atom is 0.416 e. The van der Waals surface area contributed by atoms with E-state index in [0.717, 1.165) is 12.1 Å². The summed E-state index contributed by atoms with van der Waals surface area (Å²) in [6, 6.07) is 68.7. The fraction of sp³-hybridized carbons (Fsp3) is 0.0149. The third-order valence-electron chi connectivity index (χ3n) is 13.7. The highest BCUT2D eigenvalue weighted by Crippen LogP contribution is 2.47. The summed E-state index contributed by atoms with van der Waals surface area (Å²) < 4.78 is 49.9. The van der Waals surface area contributed by atoms with Crippen molar-refractivity contribution in [1.82, 2.24) is 24.5 Å². The van der Waals surface area contributed by atoms with Crippen LogP contribution in [-0.4, -0.2) is 24.5 Å². The molecule has 0 spiro atoms. The molecule has 0 radical (unpaired) electrons. The standard InChI is InChI=1S/C67H36F3N9/c1-73-52-29-41(39-71)27-49(31-52)47-23-25-62-54(33-47)55-34-48(50-28-42(40-72)30-53(32-50)74-2)24-26-63(55)79(62)64-56(61-38-60(45-19-11-5-12-20-45)75-65(78-61)46-21-13-6-14-22-46)35-51(67(68,69)70)36-57(64)66-76-58(43-15-7-3-8-16-43)37-59(77-66)44-17-9-4-10-18-44/h3-38H. The lowest BCUT2D eigenvalue weighted by Crippen LogP contribution is -2.11. The Balaban J connectivity index is 1.26. The summed E-state index contributed by atoms with van der Waals surface area (Å²) >= 11 is 0. The van der Waals surface area contributed by atoms with E-state index in [9.17, 15) is 10.5 Å².